The van der Waals surface area contributed by atoms with Crippen LogP contribution in [0.1, 0.15) is 142 Å². The Morgan fingerprint density at radius 3 is 1.08 bits per heavy atom. The average molecular weight is 715 g/mol. The van der Waals surface area contributed by atoms with Crippen LogP contribution in [0.15, 0.2) is 31.3 Å². The summed E-state index contributed by atoms with van der Waals surface area (Å²) in [6.45, 7) is 5.57. The number of aromatic nitrogens is 8. The van der Waals surface area contributed by atoms with Crippen molar-refractivity contribution >= 4 is 22.1 Å². The Morgan fingerprint density at radius 2 is 0.750 bits per heavy atom. The molecule has 1 aromatic rings. The van der Waals surface area contributed by atoms with E-state index >= 15 is 0 Å². The molecule has 4 aliphatic heterocycles. The summed E-state index contributed by atoms with van der Waals surface area (Å²) in [5, 5.41) is 0. The molecule has 5 rings (SSSR count). The minimum atomic E-state index is -0.627. The highest BCUT2D eigenvalue weighted by atomic mass is 16.2. The van der Waals surface area contributed by atoms with Crippen LogP contribution in [0.2, 0.25) is 0 Å². The second-order valence-electron chi connectivity index (χ2n) is 14.6. The van der Waals surface area contributed by atoms with Crippen LogP contribution < -0.4 is 22.5 Å². The van der Waals surface area contributed by atoms with Crippen molar-refractivity contribution in [3.05, 3.63) is 53.8 Å². The summed E-state index contributed by atoms with van der Waals surface area (Å²) in [7, 11) is 2.83. The van der Waals surface area contributed by atoms with Crippen molar-refractivity contribution in [3.63, 3.8) is 0 Å². The predicted molar refractivity (Wildman–Crippen MR) is 209 cm³/mol. The molecule has 4 heterocycles. The van der Waals surface area contributed by atoms with E-state index in [0.29, 0.717) is 35.2 Å². The van der Waals surface area contributed by atoms with E-state index < -0.39 is 22.5 Å². The lowest BCUT2D eigenvalue weighted by molar-refractivity contribution is 0.536. The molecule has 0 saturated heterocycles. The van der Waals surface area contributed by atoms with Gasteiger partial charge in [0.25, 0.3) is 11.1 Å². The van der Waals surface area contributed by atoms with Gasteiger partial charge in [0, 0.05) is 27.2 Å². The molecule has 282 valence electrons. The third-order valence-corrected chi connectivity index (χ3v) is 10.5. The van der Waals surface area contributed by atoms with Gasteiger partial charge >= 0.3 is 11.4 Å². The van der Waals surface area contributed by atoms with Crippen LogP contribution in [-0.2, 0) is 27.2 Å². The minimum Gasteiger partial charge on any atom is -0.322 e. The maximum Gasteiger partial charge on any atom is 0.352 e. The maximum atomic E-state index is 13.4. The number of fused-ring (bicyclic) bond motifs is 4. The van der Waals surface area contributed by atoms with Crippen LogP contribution in [0.5, 0.6) is 0 Å². The third-order valence-electron chi connectivity index (χ3n) is 10.5. The molecule has 0 aromatic heterocycles. The van der Waals surface area contributed by atoms with Crippen molar-refractivity contribution in [2.75, 3.05) is 0 Å². The second kappa shape index (κ2) is 19.0. The van der Waals surface area contributed by atoms with Crippen molar-refractivity contribution in [1.82, 2.24) is 38.2 Å². The number of hydrogen-bond donors (Lipinski definition) is 0. The first-order chi connectivity index (χ1) is 25.3. The molecule has 4 aliphatic rings. The fourth-order valence-electron chi connectivity index (χ4n) is 7.29. The van der Waals surface area contributed by atoms with E-state index in [0.717, 1.165) is 47.7 Å². The number of unbranched alkanes of at least 4 members (excludes halogenated alkanes) is 18. The lowest BCUT2D eigenvalue weighted by Crippen LogP contribution is -2.37. The molecule has 52 heavy (non-hydrogen) atoms. The van der Waals surface area contributed by atoms with E-state index in [1.165, 1.54) is 104 Å². The van der Waals surface area contributed by atoms with E-state index in [9.17, 15) is 19.2 Å². The summed E-state index contributed by atoms with van der Waals surface area (Å²) in [4.78, 5) is 70.4. The van der Waals surface area contributed by atoms with Gasteiger partial charge in [0.05, 0.1) is 22.1 Å². The van der Waals surface area contributed by atoms with Crippen molar-refractivity contribution in [2.45, 2.75) is 155 Å². The van der Waals surface area contributed by atoms with Gasteiger partial charge in [0.15, 0.2) is 23.0 Å². The summed E-state index contributed by atoms with van der Waals surface area (Å²) >= 11 is 0. The summed E-state index contributed by atoms with van der Waals surface area (Å²) in [5.41, 5.74) is 0.472. The van der Waals surface area contributed by atoms with E-state index in [2.05, 4.69) is 23.8 Å². The Morgan fingerprint density at radius 1 is 0.442 bits per heavy atom. The first-order valence-electron chi connectivity index (χ1n) is 20.0. The van der Waals surface area contributed by atoms with Crippen molar-refractivity contribution < 1.29 is 0 Å². The predicted octanol–water partition coefficient (Wildman–Crippen LogP) is 7.35. The number of rotatable bonds is 22. The first-order valence-corrected chi connectivity index (χ1v) is 20.0. The maximum absolute atomic E-state index is 13.4. The van der Waals surface area contributed by atoms with E-state index in [-0.39, 0.29) is 23.0 Å². The van der Waals surface area contributed by atoms with Gasteiger partial charge in [-0.25, -0.2) is 19.6 Å². The van der Waals surface area contributed by atoms with Crippen molar-refractivity contribution in [1.29, 1.82) is 0 Å². The molecule has 0 spiro atoms. The molecule has 0 N–H and O–H groups in total. The van der Waals surface area contributed by atoms with Gasteiger partial charge in [-0.15, -0.1) is 0 Å². The molecule has 0 amide bonds. The number of nitrogens with zero attached hydrogens (tertiary/aromatic N) is 8. The fourth-order valence-corrected chi connectivity index (χ4v) is 7.29. The lowest BCUT2D eigenvalue weighted by atomic mass is 10.1. The normalized spacial score (nSPS) is 11.9. The number of aryl methyl sites for hydroxylation is 2. The van der Waals surface area contributed by atoms with Crippen LogP contribution in [0.4, 0.5) is 0 Å². The third kappa shape index (κ3) is 9.22. The molecule has 12 nitrogen and oxygen atoms in total. The zero-order chi connectivity index (χ0) is 37.0. The standard InChI is InChI=1S/C40H58N8O4/c1-5-7-9-11-13-15-17-19-21-23-25-47-31-27-30-32(28-29(31)41-33-35(47)43-39(51)45(3)37(33)49)48(26-24-22-20-18-16-14-12-10-8-6-2)36-34(42-30)38(50)46(4)40(52)44-36/h27-28H,5-26H2,1-4H3. The molecule has 0 aliphatic carbocycles. The van der Waals surface area contributed by atoms with E-state index in [1.807, 2.05) is 21.3 Å². The highest BCUT2D eigenvalue weighted by Crippen LogP contribution is 2.29. The van der Waals surface area contributed by atoms with Crippen molar-refractivity contribution in [2.24, 2.45) is 14.1 Å². The summed E-state index contributed by atoms with van der Waals surface area (Å²) in [6.07, 6.45) is 23.7. The smallest absolute Gasteiger partial charge is 0.322 e. The molecular weight excluding hydrogens is 656 g/mol. The molecule has 0 atom stereocenters. The van der Waals surface area contributed by atoms with Gasteiger partial charge in [0.1, 0.15) is 0 Å². The molecule has 1 aromatic carbocycles. The van der Waals surface area contributed by atoms with Crippen molar-refractivity contribution in [3.8, 4) is 23.0 Å². The number of benzene rings is 1. The quantitative estimate of drug-likeness (QED) is 0.0536. The zero-order valence-electron chi connectivity index (χ0n) is 31.9. The van der Waals surface area contributed by atoms with Crippen LogP contribution in [-0.4, -0.2) is 38.2 Å². The lowest BCUT2D eigenvalue weighted by Gasteiger charge is -2.20. The molecule has 0 radical (unpaired) electrons. The van der Waals surface area contributed by atoms with Gasteiger partial charge in [-0.2, -0.15) is 9.97 Å². The van der Waals surface area contributed by atoms with Crippen LogP contribution in [0, 0.1) is 0 Å². The average Bonchev–Trinajstić information content (AvgIpc) is 3.14. The van der Waals surface area contributed by atoms with Gasteiger partial charge < -0.3 is 9.13 Å². The largest absolute Gasteiger partial charge is 0.352 e. The zero-order valence-corrected chi connectivity index (χ0v) is 31.9. The molecule has 0 fully saturated rings. The highest BCUT2D eigenvalue weighted by molar-refractivity contribution is 5.94. The summed E-state index contributed by atoms with van der Waals surface area (Å²) in [6, 6.07) is 3.74. The van der Waals surface area contributed by atoms with E-state index in [4.69, 9.17) is 9.97 Å². The molecule has 0 bridgehead atoms. The first kappa shape index (κ1) is 39.0. The van der Waals surface area contributed by atoms with Gasteiger partial charge in [-0.1, -0.05) is 129 Å². The minimum absolute atomic E-state index is 0.130. The Balaban J connectivity index is 1.47. The van der Waals surface area contributed by atoms with E-state index in [1.54, 1.807) is 0 Å². The van der Waals surface area contributed by atoms with Gasteiger partial charge in [0.2, 0.25) is 0 Å². The summed E-state index contributed by atoms with van der Waals surface area (Å²) < 4.78 is 5.81. The fraction of sp³-hybridized carbons (Fsp3) is 0.650. The van der Waals surface area contributed by atoms with Gasteiger partial charge in [-0.05, 0) is 25.0 Å². The molecular formula is C40H58N8O4. The second-order valence-corrected chi connectivity index (χ2v) is 14.6. The SMILES string of the molecule is CCCCCCCCCCCCn1c2nc(=O)n(C)c(=O)c-2nc2cc3c(cc21)nc1c(=O)n(C)c(=O)nc-1n3CCCCCCCCCCCC. The Kier molecular flexibility index (Phi) is 14.3. The van der Waals surface area contributed by atoms with Gasteiger partial charge in [-0.3, -0.25) is 18.7 Å². The number of hydrogen-bond acceptors (Lipinski definition) is 8. The highest BCUT2D eigenvalue weighted by Gasteiger charge is 2.24. The van der Waals surface area contributed by atoms with Crippen LogP contribution in [0.25, 0.3) is 45.1 Å². The molecule has 12 heteroatoms. The monoisotopic (exact) mass is 714 g/mol. The van der Waals surface area contributed by atoms with Crippen LogP contribution >= 0.6 is 0 Å². The Hall–Kier alpha value is -4.22. The molecule has 0 saturated carbocycles. The summed E-state index contributed by atoms with van der Waals surface area (Å²) in [5.74, 6) is 0.506. The topological polar surface area (TPSA) is 140 Å². The van der Waals surface area contributed by atoms with Crippen LogP contribution in [0.3, 0.4) is 0 Å². The Bertz CT molecular complexity index is 1960. The molecule has 0 unspecified atom stereocenters. The Labute approximate surface area is 306 Å².